The first kappa shape index (κ1) is 10.4. The van der Waals surface area contributed by atoms with Gasteiger partial charge in [0.05, 0.1) is 11.3 Å². The quantitative estimate of drug-likeness (QED) is 0.810. The van der Waals surface area contributed by atoms with E-state index in [2.05, 4.69) is 9.97 Å². The fraction of sp³-hybridized carbons (Fsp3) is 0.167. The van der Waals surface area contributed by atoms with Crippen molar-refractivity contribution in [1.29, 1.82) is 0 Å². The number of H-pyrrole nitrogens is 1. The van der Waals surface area contributed by atoms with Crippen LogP contribution < -0.4 is 0 Å². The Morgan fingerprint density at radius 3 is 2.69 bits per heavy atom. The van der Waals surface area contributed by atoms with E-state index in [0.29, 0.717) is 0 Å². The van der Waals surface area contributed by atoms with Gasteiger partial charge < -0.3 is 10.1 Å². The standard InChI is InChI=1S/C12H12N2O2/c1-7-11(14-8(2)13-7)9-4-3-5-10(6-9)12(15)16/h3-6H,1-2H3,(H,13,14)(H,15,16). The van der Waals surface area contributed by atoms with Crippen LogP contribution in [-0.4, -0.2) is 21.0 Å². The molecule has 0 atom stereocenters. The van der Waals surface area contributed by atoms with Gasteiger partial charge in [-0.25, -0.2) is 9.78 Å². The lowest BCUT2D eigenvalue weighted by Gasteiger charge is -2.00. The van der Waals surface area contributed by atoms with Gasteiger partial charge in [0.1, 0.15) is 5.82 Å². The first-order valence-electron chi connectivity index (χ1n) is 4.95. The van der Waals surface area contributed by atoms with Crippen LogP contribution in [0.2, 0.25) is 0 Å². The first-order chi connectivity index (χ1) is 7.58. The summed E-state index contributed by atoms with van der Waals surface area (Å²) in [5.74, 6) is -0.0972. The molecule has 0 amide bonds. The SMILES string of the molecule is Cc1nc(-c2cccc(C(=O)O)c2)c(C)[nH]1. The summed E-state index contributed by atoms with van der Waals surface area (Å²) in [6.07, 6.45) is 0. The zero-order valence-corrected chi connectivity index (χ0v) is 9.11. The number of aromatic nitrogens is 2. The van der Waals surface area contributed by atoms with Crippen molar-refractivity contribution in [2.24, 2.45) is 0 Å². The van der Waals surface area contributed by atoms with Gasteiger partial charge in [-0.1, -0.05) is 12.1 Å². The van der Waals surface area contributed by atoms with E-state index in [9.17, 15) is 4.79 Å². The van der Waals surface area contributed by atoms with Crippen LogP contribution in [0.1, 0.15) is 21.9 Å². The van der Waals surface area contributed by atoms with Crippen molar-refractivity contribution in [3.05, 3.63) is 41.3 Å². The lowest BCUT2D eigenvalue weighted by atomic mass is 10.1. The lowest BCUT2D eigenvalue weighted by Crippen LogP contribution is -1.96. The van der Waals surface area contributed by atoms with Gasteiger partial charge in [0.15, 0.2) is 0 Å². The Morgan fingerprint density at radius 1 is 1.38 bits per heavy atom. The molecule has 0 bridgehead atoms. The maximum Gasteiger partial charge on any atom is 0.335 e. The van der Waals surface area contributed by atoms with Gasteiger partial charge in [-0.05, 0) is 26.0 Å². The van der Waals surface area contributed by atoms with Crippen LogP contribution in [0.3, 0.4) is 0 Å². The number of nitrogens with zero attached hydrogens (tertiary/aromatic N) is 1. The van der Waals surface area contributed by atoms with Crippen molar-refractivity contribution in [3.8, 4) is 11.3 Å². The van der Waals surface area contributed by atoms with Gasteiger partial charge in [0.2, 0.25) is 0 Å². The first-order valence-corrected chi connectivity index (χ1v) is 4.95. The molecule has 0 aliphatic carbocycles. The number of rotatable bonds is 2. The Labute approximate surface area is 93.0 Å². The van der Waals surface area contributed by atoms with Crippen molar-refractivity contribution in [2.75, 3.05) is 0 Å². The Kier molecular flexibility index (Phi) is 2.48. The summed E-state index contributed by atoms with van der Waals surface area (Å²) in [5, 5.41) is 8.90. The molecule has 0 aliphatic heterocycles. The predicted octanol–water partition coefficient (Wildman–Crippen LogP) is 2.39. The van der Waals surface area contributed by atoms with Crippen molar-refractivity contribution in [3.63, 3.8) is 0 Å². The maximum absolute atomic E-state index is 10.8. The number of aryl methyl sites for hydroxylation is 2. The van der Waals surface area contributed by atoms with Crippen molar-refractivity contribution in [1.82, 2.24) is 9.97 Å². The number of hydrogen-bond acceptors (Lipinski definition) is 2. The zero-order valence-electron chi connectivity index (χ0n) is 9.11. The number of carboxylic acids is 1. The molecule has 82 valence electrons. The van der Waals surface area contributed by atoms with Gasteiger partial charge in [-0.15, -0.1) is 0 Å². The molecule has 0 fully saturated rings. The van der Waals surface area contributed by atoms with E-state index in [0.717, 1.165) is 22.8 Å². The van der Waals surface area contributed by atoms with Crippen LogP contribution in [0.25, 0.3) is 11.3 Å². The summed E-state index contributed by atoms with van der Waals surface area (Å²) >= 11 is 0. The highest BCUT2D eigenvalue weighted by atomic mass is 16.4. The third-order valence-corrected chi connectivity index (χ3v) is 2.39. The molecule has 0 spiro atoms. The molecule has 1 aromatic carbocycles. The van der Waals surface area contributed by atoms with E-state index in [-0.39, 0.29) is 5.56 Å². The lowest BCUT2D eigenvalue weighted by molar-refractivity contribution is 0.0697. The van der Waals surface area contributed by atoms with Crippen LogP contribution >= 0.6 is 0 Å². The van der Waals surface area contributed by atoms with Crippen LogP contribution in [0.4, 0.5) is 0 Å². The van der Waals surface area contributed by atoms with Gasteiger partial charge in [0.25, 0.3) is 0 Å². The molecule has 0 saturated carbocycles. The third kappa shape index (κ3) is 1.82. The zero-order chi connectivity index (χ0) is 11.7. The number of nitrogens with one attached hydrogen (secondary N) is 1. The Bertz CT molecular complexity index is 544. The normalized spacial score (nSPS) is 10.4. The molecule has 0 radical (unpaired) electrons. The highest BCUT2D eigenvalue weighted by molar-refractivity contribution is 5.89. The minimum Gasteiger partial charge on any atom is -0.478 e. The van der Waals surface area contributed by atoms with Gasteiger partial charge >= 0.3 is 5.97 Å². The summed E-state index contributed by atoms with van der Waals surface area (Å²) in [6.45, 7) is 3.79. The maximum atomic E-state index is 10.8. The smallest absolute Gasteiger partial charge is 0.335 e. The summed E-state index contributed by atoms with van der Waals surface area (Å²) < 4.78 is 0. The number of imidazole rings is 1. The van der Waals surface area contributed by atoms with Gasteiger partial charge in [0, 0.05) is 11.3 Å². The van der Waals surface area contributed by atoms with E-state index in [1.165, 1.54) is 0 Å². The largest absolute Gasteiger partial charge is 0.478 e. The minimum absolute atomic E-state index is 0.276. The minimum atomic E-state index is -0.924. The second kappa shape index (κ2) is 3.81. The number of benzene rings is 1. The Hall–Kier alpha value is -2.10. The van der Waals surface area contributed by atoms with Crippen molar-refractivity contribution in [2.45, 2.75) is 13.8 Å². The number of aromatic carboxylic acids is 1. The molecule has 4 nitrogen and oxygen atoms in total. The van der Waals surface area contributed by atoms with E-state index >= 15 is 0 Å². The summed E-state index contributed by atoms with van der Waals surface area (Å²) in [7, 11) is 0. The highest BCUT2D eigenvalue weighted by Gasteiger charge is 2.09. The molecular weight excluding hydrogens is 204 g/mol. The van der Waals surface area contributed by atoms with Gasteiger partial charge in [-0.2, -0.15) is 0 Å². The van der Waals surface area contributed by atoms with Crippen LogP contribution in [0.15, 0.2) is 24.3 Å². The number of carbonyl (C=O) groups is 1. The molecule has 2 aromatic rings. The van der Waals surface area contributed by atoms with E-state index in [4.69, 9.17) is 5.11 Å². The summed E-state index contributed by atoms with van der Waals surface area (Å²) in [6, 6.07) is 6.78. The number of aromatic amines is 1. The van der Waals surface area contributed by atoms with Crippen molar-refractivity contribution < 1.29 is 9.90 Å². The molecule has 2 N–H and O–H groups in total. The molecule has 4 heteroatoms. The van der Waals surface area contributed by atoms with Gasteiger partial charge in [-0.3, -0.25) is 0 Å². The second-order valence-electron chi connectivity index (χ2n) is 3.68. The van der Waals surface area contributed by atoms with E-state index in [1.807, 2.05) is 19.9 Å². The van der Waals surface area contributed by atoms with Crippen LogP contribution in [-0.2, 0) is 0 Å². The molecular formula is C12H12N2O2. The second-order valence-corrected chi connectivity index (χ2v) is 3.68. The predicted molar refractivity (Wildman–Crippen MR) is 60.5 cm³/mol. The molecule has 1 aromatic heterocycles. The number of hydrogen-bond donors (Lipinski definition) is 2. The van der Waals surface area contributed by atoms with Crippen LogP contribution in [0, 0.1) is 13.8 Å². The fourth-order valence-corrected chi connectivity index (χ4v) is 1.69. The average Bonchev–Trinajstić information content (AvgIpc) is 2.58. The Balaban J connectivity index is 2.52. The topological polar surface area (TPSA) is 66.0 Å². The molecule has 0 unspecified atom stereocenters. The summed E-state index contributed by atoms with van der Waals surface area (Å²) in [5.41, 5.74) is 2.85. The number of carboxylic acid groups (broad SMARTS) is 1. The molecule has 0 aliphatic rings. The van der Waals surface area contributed by atoms with E-state index in [1.54, 1.807) is 18.2 Å². The third-order valence-electron chi connectivity index (χ3n) is 2.39. The van der Waals surface area contributed by atoms with Crippen molar-refractivity contribution >= 4 is 5.97 Å². The van der Waals surface area contributed by atoms with E-state index < -0.39 is 5.97 Å². The molecule has 0 saturated heterocycles. The summed E-state index contributed by atoms with van der Waals surface area (Å²) in [4.78, 5) is 18.3. The monoisotopic (exact) mass is 216 g/mol. The average molecular weight is 216 g/mol. The molecule has 2 rings (SSSR count). The Morgan fingerprint density at radius 2 is 2.12 bits per heavy atom. The fourth-order valence-electron chi connectivity index (χ4n) is 1.69. The molecule has 16 heavy (non-hydrogen) atoms. The highest BCUT2D eigenvalue weighted by Crippen LogP contribution is 2.21. The van der Waals surface area contributed by atoms with Crippen LogP contribution in [0.5, 0.6) is 0 Å². The molecule has 1 heterocycles.